The summed E-state index contributed by atoms with van der Waals surface area (Å²) < 4.78 is 7.68. The number of hydrogen-bond donors (Lipinski definition) is 6. The zero-order valence-electron chi connectivity index (χ0n) is 25.2. The molecular weight excluding hydrogens is 630 g/mol. The third kappa shape index (κ3) is 5.65. The van der Waals surface area contributed by atoms with Crippen molar-refractivity contribution in [1.29, 1.82) is 0 Å². The van der Waals surface area contributed by atoms with Crippen LogP contribution in [0.4, 0.5) is 0 Å². The molecule has 4 heterocycles. The van der Waals surface area contributed by atoms with Crippen LogP contribution in [0.2, 0.25) is 0 Å². The number of carbonyl (C=O) groups is 12. The average Bonchev–Trinajstić information content (AvgIpc) is 2.99. The van der Waals surface area contributed by atoms with E-state index in [-0.39, 0.29) is 13.1 Å². The van der Waals surface area contributed by atoms with Crippen LogP contribution in [0, 0.1) is 16.2 Å². The van der Waals surface area contributed by atoms with E-state index in [1.54, 1.807) is 6.92 Å². The SMILES string of the molecule is CCN.CCN1C(=O)C2(C(=O)N(C)C2=O)C1=O.CCNC(=O)C(C(=O)O)(C(=O)O)C(=O)NC.CO.O=C1OC(=O)C12C(=O)OC2=O. The molecule has 0 aliphatic carbocycles. The van der Waals surface area contributed by atoms with E-state index in [1.807, 2.05) is 17.6 Å². The van der Waals surface area contributed by atoms with Gasteiger partial charge in [0.05, 0.1) is 0 Å². The Balaban J connectivity index is 0.000000621. The lowest BCUT2D eigenvalue weighted by Gasteiger charge is -2.51. The zero-order chi connectivity index (χ0) is 36.5. The molecule has 0 aromatic heterocycles. The Hall–Kier alpha value is -5.64. The number of cyclic esters (lactones) is 4. The lowest BCUT2D eigenvalue weighted by Crippen LogP contribution is -2.83. The smallest absolute Gasteiger partial charge is 0.357 e. The lowest BCUT2D eigenvalue weighted by atomic mass is 9.69. The fraction of sp³-hybridized carbons (Fsp3) is 0.500. The van der Waals surface area contributed by atoms with Crippen LogP contribution in [0.15, 0.2) is 0 Å². The predicted molar refractivity (Wildman–Crippen MR) is 141 cm³/mol. The van der Waals surface area contributed by atoms with Crippen molar-refractivity contribution in [2.45, 2.75) is 20.8 Å². The summed E-state index contributed by atoms with van der Waals surface area (Å²) in [6, 6.07) is 0. The molecule has 254 valence electrons. The number of likely N-dealkylation sites (tertiary alicyclic amines) is 2. The number of nitrogens with two attached hydrogens (primary N) is 1. The van der Waals surface area contributed by atoms with E-state index < -0.39 is 87.5 Å². The molecular formula is C24H31N5O17. The highest BCUT2D eigenvalue weighted by atomic mass is 16.7. The summed E-state index contributed by atoms with van der Waals surface area (Å²) in [7, 11) is 3.30. The van der Waals surface area contributed by atoms with E-state index in [2.05, 4.69) is 9.47 Å². The number of esters is 4. The van der Waals surface area contributed by atoms with Crippen LogP contribution in [-0.2, 0) is 67.0 Å². The second kappa shape index (κ2) is 15.4. The highest BCUT2D eigenvalue weighted by Gasteiger charge is 2.80. The summed E-state index contributed by atoms with van der Waals surface area (Å²) in [6.07, 6.45) is 0. The summed E-state index contributed by atoms with van der Waals surface area (Å²) in [6.45, 7) is 5.94. The third-order valence-corrected chi connectivity index (χ3v) is 6.18. The largest absolute Gasteiger partial charge is 0.480 e. The molecule has 4 saturated heterocycles. The number of hydrogen-bond acceptors (Lipinski definition) is 16. The van der Waals surface area contributed by atoms with Gasteiger partial charge in [-0.3, -0.25) is 38.6 Å². The Morgan fingerprint density at radius 2 is 1.09 bits per heavy atom. The quantitative estimate of drug-likeness (QED) is 0.0876. The van der Waals surface area contributed by atoms with Crippen molar-refractivity contribution >= 4 is 71.3 Å². The fourth-order valence-corrected chi connectivity index (χ4v) is 3.77. The molecule has 0 aromatic carbocycles. The number of ether oxygens (including phenoxy) is 2. The molecule has 46 heavy (non-hydrogen) atoms. The van der Waals surface area contributed by atoms with E-state index in [0.29, 0.717) is 0 Å². The number of rotatable bonds is 6. The first-order valence-electron chi connectivity index (χ1n) is 12.7. The summed E-state index contributed by atoms with van der Waals surface area (Å²) in [4.78, 5) is 134. The Bertz CT molecular complexity index is 1270. The van der Waals surface area contributed by atoms with Gasteiger partial charge in [0.2, 0.25) is 0 Å². The van der Waals surface area contributed by atoms with E-state index in [1.165, 1.54) is 14.0 Å². The molecule has 4 fully saturated rings. The van der Waals surface area contributed by atoms with Gasteiger partial charge >= 0.3 is 46.6 Å². The molecule has 2 spiro atoms. The molecule has 4 rings (SSSR count). The number of aliphatic hydroxyl groups excluding tert-OH is 1. The molecule has 22 nitrogen and oxygen atoms in total. The topological polar surface area (TPSA) is 341 Å². The number of carboxylic acids is 2. The number of imide groups is 2. The van der Waals surface area contributed by atoms with Crippen molar-refractivity contribution in [3.05, 3.63) is 0 Å². The molecule has 6 amide bonds. The van der Waals surface area contributed by atoms with Gasteiger partial charge in [0.15, 0.2) is 0 Å². The maximum absolute atomic E-state index is 11.4. The van der Waals surface area contributed by atoms with Crippen molar-refractivity contribution in [2.24, 2.45) is 22.0 Å². The first kappa shape index (κ1) is 40.4. The van der Waals surface area contributed by atoms with E-state index >= 15 is 0 Å². The summed E-state index contributed by atoms with van der Waals surface area (Å²) in [5, 5.41) is 28.4. The van der Waals surface area contributed by atoms with E-state index in [9.17, 15) is 57.5 Å². The second-order valence-corrected chi connectivity index (χ2v) is 8.58. The Labute approximate surface area is 258 Å². The monoisotopic (exact) mass is 661 g/mol. The standard InChI is InChI=1S/C8H12N2O6.C8H8N2O4.C5O6.C2H7N.CH4O/c1-3-10-5(12)8(6(13)14,7(15)16)4(11)9-2;1-3-10-6(13)8(7(10)14)4(11)9(2)5(8)12;6-1-5(2(7)10-1)3(8)11-4(5)9;1-2-3;1-2/h3H2,1-2H3,(H,9,11)(H,10,12)(H,13,14)(H,15,16);3H2,1-2H3;;2-3H2,1H3;2H,1H3. The van der Waals surface area contributed by atoms with Crippen LogP contribution in [0.25, 0.3) is 0 Å². The number of nitrogens with zero attached hydrogens (tertiary/aromatic N) is 2. The molecule has 4 aliphatic heterocycles. The number of β-lactam (4-membered cyclic amide) rings is 4. The number of aliphatic hydroxyl groups is 1. The van der Waals surface area contributed by atoms with Gasteiger partial charge in [-0.2, -0.15) is 0 Å². The minimum absolute atomic E-state index is 0.0120. The molecule has 7 N–H and O–H groups in total. The number of carbonyl (C=O) groups excluding carboxylic acids is 10. The first-order chi connectivity index (χ1) is 21.4. The van der Waals surface area contributed by atoms with Crippen LogP contribution in [0.5, 0.6) is 0 Å². The second-order valence-electron chi connectivity index (χ2n) is 8.58. The summed E-state index contributed by atoms with van der Waals surface area (Å²) >= 11 is 0. The van der Waals surface area contributed by atoms with Crippen molar-refractivity contribution < 1.29 is 82.3 Å². The Kier molecular flexibility index (Phi) is 13.5. The van der Waals surface area contributed by atoms with E-state index in [4.69, 9.17) is 21.1 Å². The Morgan fingerprint density at radius 1 is 0.739 bits per heavy atom. The molecule has 0 radical (unpaired) electrons. The number of amides is 6. The minimum Gasteiger partial charge on any atom is -0.480 e. The van der Waals surface area contributed by atoms with Gasteiger partial charge in [-0.15, -0.1) is 0 Å². The molecule has 0 saturated carbocycles. The van der Waals surface area contributed by atoms with Gasteiger partial charge in [-0.25, -0.2) is 28.8 Å². The molecule has 0 aromatic rings. The maximum Gasteiger partial charge on any atom is 0.357 e. The van der Waals surface area contributed by atoms with E-state index in [0.717, 1.165) is 30.5 Å². The van der Waals surface area contributed by atoms with Crippen molar-refractivity contribution in [1.82, 2.24) is 20.4 Å². The first-order valence-corrected chi connectivity index (χ1v) is 12.7. The third-order valence-electron chi connectivity index (χ3n) is 6.18. The summed E-state index contributed by atoms with van der Waals surface area (Å²) in [5.74, 6) is -14.2. The molecule has 0 unspecified atom stereocenters. The van der Waals surface area contributed by atoms with Gasteiger partial charge in [0.25, 0.3) is 40.9 Å². The Morgan fingerprint density at radius 3 is 1.30 bits per heavy atom. The fourth-order valence-electron chi connectivity index (χ4n) is 3.77. The molecule has 4 aliphatic rings. The van der Waals surface area contributed by atoms with Gasteiger partial charge in [-0.1, -0.05) is 6.92 Å². The van der Waals surface area contributed by atoms with Crippen LogP contribution in [0.1, 0.15) is 20.8 Å². The number of nitrogens with one attached hydrogen (secondary N) is 2. The van der Waals surface area contributed by atoms with Gasteiger partial charge < -0.3 is 41.2 Å². The van der Waals surface area contributed by atoms with Crippen LogP contribution in [-0.4, -0.2) is 137 Å². The molecule has 0 bridgehead atoms. The number of aliphatic carboxylic acids is 2. The highest BCUT2D eigenvalue weighted by Crippen LogP contribution is 2.43. The normalized spacial score (nSPS) is 17.6. The number of carboxylic acid groups (broad SMARTS) is 2. The maximum atomic E-state index is 11.4. The highest BCUT2D eigenvalue weighted by molar-refractivity contribution is 6.52. The molecule has 0 atom stereocenters. The minimum atomic E-state index is -3.15. The van der Waals surface area contributed by atoms with Crippen molar-refractivity contribution in [3.8, 4) is 0 Å². The lowest BCUT2D eigenvalue weighted by molar-refractivity contribution is -0.224. The van der Waals surface area contributed by atoms with Crippen molar-refractivity contribution in [2.75, 3.05) is 40.8 Å². The van der Waals surface area contributed by atoms with Crippen molar-refractivity contribution in [3.63, 3.8) is 0 Å². The summed E-state index contributed by atoms with van der Waals surface area (Å²) in [5.41, 5.74) is -2.50. The average molecular weight is 662 g/mol. The van der Waals surface area contributed by atoms with Crippen LogP contribution < -0.4 is 16.4 Å². The van der Waals surface area contributed by atoms with Gasteiger partial charge in [0, 0.05) is 34.3 Å². The van der Waals surface area contributed by atoms with Gasteiger partial charge in [-0.05, 0) is 20.4 Å². The zero-order valence-corrected chi connectivity index (χ0v) is 25.2. The van der Waals surface area contributed by atoms with Crippen LogP contribution in [0.3, 0.4) is 0 Å². The van der Waals surface area contributed by atoms with Gasteiger partial charge in [0.1, 0.15) is 0 Å². The molecule has 22 heteroatoms. The van der Waals surface area contributed by atoms with Crippen LogP contribution >= 0.6 is 0 Å². The predicted octanol–water partition coefficient (Wildman–Crippen LogP) is -5.90.